The first-order chi connectivity index (χ1) is 5.22. The van der Waals surface area contributed by atoms with Crippen LogP contribution in [0, 0.1) is 0 Å². The van der Waals surface area contributed by atoms with Gasteiger partial charge in [-0.1, -0.05) is 28.7 Å². The lowest BCUT2D eigenvalue weighted by Gasteiger charge is -2.12. The summed E-state index contributed by atoms with van der Waals surface area (Å²) in [6, 6.07) is 4.16. The molecule has 0 fully saturated rings. The minimum atomic E-state index is 0.180. The Morgan fingerprint density at radius 2 is 2.36 bits per heavy atom. The Balaban J connectivity index is 2.77. The zero-order chi connectivity index (χ0) is 8.27. The average molecular weight is 262 g/mol. The summed E-state index contributed by atoms with van der Waals surface area (Å²) in [5.74, 6) is 0. The molecule has 0 aliphatic carbocycles. The van der Waals surface area contributed by atoms with Gasteiger partial charge in [0.2, 0.25) is 0 Å². The van der Waals surface area contributed by atoms with Crippen molar-refractivity contribution in [2.45, 2.75) is 16.9 Å². The van der Waals surface area contributed by atoms with E-state index in [1.54, 1.807) is 6.20 Å². The molecule has 0 aliphatic rings. The van der Waals surface area contributed by atoms with Gasteiger partial charge in [-0.25, -0.2) is 0 Å². The summed E-state index contributed by atoms with van der Waals surface area (Å²) in [7, 11) is 0. The van der Waals surface area contributed by atoms with Gasteiger partial charge in [0.25, 0.3) is 0 Å². The van der Waals surface area contributed by atoms with E-state index in [0.29, 0.717) is 3.92 Å². The van der Waals surface area contributed by atoms with E-state index in [2.05, 4.69) is 27.6 Å². The van der Waals surface area contributed by atoms with Gasteiger partial charge in [0.15, 0.2) is 0 Å². The van der Waals surface area contributed by atoms with E-state index in [1.807, 2.05) is 25.3 Å². The Morgan fingerprint density at radius 3 is 2.82 bits per heavy atom. The molecule has 0 aliphatic heterocycles. The van der Waals surface area contributed by atoms with Crippen molar-refractivity contribution in [1.29, 1.82) is 0 Å². The SMILES string of the molecule is CC(N)C(I)c1cccnc1. The van der Waals surface area contributed by atoms with Crippen LogP contribution in [-0.4, -0.2) is 11.0 Å². The molecule has 1 aromatic heterocycles. The van der Waals surface area contributed by atoms with Gasteiger partial charge in [-0.3, -0.25) is 4.98 Å². The maximum Gasteiger partial charge on any atom is 0.0523 e. The Kier molecular flexibility index (Phi) is 3.26. The molecule has 2 unspecified atom stereocenters. The van der Waals surface area contributed by atoms with Crippen molar-refractivity contribution in [3.8, 4) is 0 Å². The first-order valence-corrected chi connectivity index (χ1v) is 4.76. The highest BCUT2D eigenvalue weighted by atomic mass is 127. The van der Waals surface area contributed by atoms with Crippen LogP contribution in [0.5, 0.6) is 0 Å². The van der Waals surface area contributed by atoms with Crippen molar-refractivity contribution in [3.63, 3.8) is 0 Å². The van der Waals surface area contributed by atoms with Crippen LogP contribution in [0.25, 0.3) is 0 Å². The van der Waals surface area contributed by atoms with Crippen LogP contribution in [0.2, 0.25) is 0 Å². The molecule has 2 nitrogen and oxygen atoms in total. The van der Waals surface area contributed by atoms with E-state index in [4.69, 9.17) is 5.73 Å². The molecule has 11 heavy (non-hydrogen) atoms. The highest BCUT2D eigenvalue weighted by Gasteiger charge is 2.10. The van der Waals surface area contributed by atoms with E-state index in [9.17, 15) is 0 Å². The molecule has 3 heteroatoms. The molecular formula is C8H11IN2. The monoisotopic (exact) mass is 262 g/mol. The molecule has 0 amide bonds. The number of pyridine rings is 1. The lowest BCUT2D eigenvalue weighted by atomic mass is 10.1. The summed E-state index contributed by atoms with van der Waals surface area (Å²) in [6.45, 7) is 2.00. The molecular weight excluding hydrogens is 251 g/mol. The van der Waals surface area contributed by atoms with Crippen molar-refractivity contribution < 1.29 is 0 Å². The first kappa shape index (κ1) is 8.93. The van der Waals surface area contributed by atoms with E-state index in [-0.39, 0.29) is 6.04 Å². The molecule has 60 valence electrons. The maximum absolute atomic E-state index is 5.73. The number of aromatic nitrogens is 1. The highest BCUT2D eigenvalue weighted by molar-refractivity contribution is 14.1. The van der Waals surface area contributed by atoms with E-state index in [0.717, 1.165) is 0 Å². The van der Waals surface area contributed by atoms with Gasteiger partial charge in [-0.05, 0) is 18.6 Å². The number of hydrogen-bond donors (Lipinski definition) is 1. The summed E-state index contributed by atoms with van der Waals surface area (Å²) < 4.78 is 0.362. The number of halogens is 1. The standard InChI is InChI=1S/C8H11IN2/c1-6(10)8(9)7-3-2-4-11-5-7/h2-6,8H,10H2,1H3. The zero-order valence-corrected chi connectivity index (χ0v) is 8.52. The highest BCUT2D eigenvalue weighted by Crippen LogP contribution is 2.24. The second-order valence-electron chi connectivity index (χ2n) is 2.55. The van der Waals surface area contributed by atoms with Crippen LogP contribution in [0.3, 0.4) is 0 Å². The molecule has 0 aromatic carbocycles. The van der Waals surface area contributed by atoms with Crippen LogP contribution in [0.1, 0.15) is 16.4 Å². The molecule has 0 spiro atoms. The van der Waals surface area contributed by atoms with Crippen molar-refractivity contribution in [2.24, 2.45) is 5.73 Å². The maximum atomic E-state index is 5.73. The summed E-state index contributed by atoms with van der Waals surface area (Å²) in [6.07, 6.45) is 3.63. The predicted octanol–water partition coefficient (Wildman–Crippen LogP) is 1.90. The minimum Gasteiger partial charge on any atom is -0.327 e. The lowest BCUT2D eigenvalue weighted by Crippen LogP contribution is -2.20. The molecule has 2 atom stereocenters. The fourth-order valence-electron chi connectivity index (χ4n) is 0.843. The Morgan fingerprint density at radius 1 is 1.64 bits per heavy atom. The molecule has 1 rings (SSSR count). The van der Waals surface area contributed by atoms with E-state index < -0.39 is 0 Å². The average Bonchev–Trinajstić information content (AvgIpc) is 2.05. The number of nitrogens with zero attached hydrogens (tertiary/aromatic N) is 1. The molecule has 0 saturated heterocycles. The van der Waals surface area contributed by atoms with Crippen LogP contribution >= 0.6 is 22.6 Å². The summed E-state index contributed by atoms with van der Waals surface area (Å²) >= 11 is 2.33. The quantitative estimate of drug-likeness (QED) is 0.653. The number of alkyl halides is 1. The second-order valence-corrected chi connectivity index (χ2v) is 3.89. The second kappa shape index (κ2) is 4.01. The Hall–Kier alpha value is -0.160. The third-order valence-corrected chi connectivity index (χ3v) is 3.32. The van der Waals surface area contributed by atoms with Crippen molar-refractivity contribution in [2.75, 3.05) is 0 Å². The van der Waals surface area contributed by atoms with Gasteiger partial charge >= 0.3 is 0 Å². The van der Waals surface area contributed by atoms with Crippen LogP contribution in [0.4, 0.5) is 0 Å². The van der Waals surface area contributed by atoms with Gasteiger partial charge in [0.1, 0.15) is 0 Å². The summed E-state index contributed by atoms with van der Waals surface area (Å²) in [4.78, 5) is 4.03. The molecule has 2 N–H and O–H groups in total. The molecule has 1 heterocycles. The molecule has 0 saturated carbocycles. The third-order valence-electron chi connectivity index (χ3n) is 1.46. The number of hydrogen-bond acceptors (Lipinski definition) is 2. The summed E-state index contributed by atoms with van der Waals surface area (Å²) in [5, 5.41) is 0. The molecule has 0 radical (unpaired) electrons. The van der Waals surface area contributed by atoms with Crippen LogP contribution in [-0.2, 0) is 0 Å². The number of rotatable bonds is 2. The summed E-state index contributed by atoms with van der Waals surface area (Å²) in [5.41, 5.74) is 6.93. The van der Waals surface area contributed by atoms with Gasteiger partial charge in [0.05, 0.1) is 3.92 Å². The fourth-order valence-corrected chi connectivity index (χ4v) is 1.21. The van der Waals surface area contributed by atoms with Gasteiger partial charge in [-0.2, -0.15) is 0 Å². The van der Waals surface area contributed by atoms with E-state index in [1.165, 1.54) is 5.56 Å². The zero-order valence-electron chi connectivity index (χ0n) is 6.37. The van der Waals surface area contributed by atoms with Gasteiger partial charge in [-0.15, -0.1) is 0 Å². The fraction of sp³-hybridized carbons (Fsp3) is 0.375. The van der Waals surface area contributed by atoms with Crippen molar-refractivity contribution in [1.82, 2.24) is 4.98 Å². The van der Waals surface area contributed by atoms with Crippen LogP contribution < -0.4 is 5.73 Å². The van der Waals surface area contributed by atoms with Gasteiger partial charge < -0.3 is 5.73 Å². The first-order valence-electron chi connectivity index (χ1n) is 3.51. The van der Waals surface area contributed by atoms with E-state index >= 15 is 0 Å². The topological polar surface area (TPSA) is 38.9 Å². The lowest BCUT2D eigenvalue weighted by molar-refractivity contribution is 0.740. The third kappa shape index (κ3) is 2.41. The number of nitrogens with two attached hydrogens (primary N) is 1. The smallest absolute Gasteiger partial charge is 0.0523 e. The minimum absolute atomic E-state index is 0.180. The van der Waals surface area contributed by atoms with Crippen molar-refractivity contribution in [3.05, 3.63) is 30.1 Å². The predicted molar refractivity (Wildman–Crippen MR) is 54.6 cm³/mol. The largest absolute Gasteiger partial charge is 0.327 e. The van der Waals surface area contributed by atoms with Gasteiger partial charge in [0, 0.05) is 18.4 Å². The Bertz CT molecular complexity index is 211. The molecule has 1 aromatic rings. The van der Waals surface area contributed by atoms with Crippen LogP contribution in [0.15, 0.2) is 24.5 Å². The Labute approximate surface area is 80.3 Å². The molecule has 0 bridgehead atoms. The van der Waals surface area contributed by atoms with Crippen molar-refractivity contribution >= 4 is 22.6 Å². The normalized spacial score (nSPS) is 15.9.